The second-order valence-corrected chi connectivity index (χ2v) is 9.18. The Morgan fingerprint density at radius 3 is 2.74 bits per heavy atom. The fourth-order valence-corrected chi connectivity index (χ4v) is 5.28. The van der Waals surface area contributed by atoms with Crippen molar-refractivity contribution >= 4 is 66.6 Å². The Balaban J connectivity index is 2.90. The van der Waals surface area contributed by atoms with Crippen molar-refractivity contribution in [2.75, 3.05) is 12.0 Å². The van der Waals surface area contributed by atoms with Gasteiger partial charge in [-0.05, 0) is 40.4 Å². The minimum atomic E-state index is -3.87. The van der Waals surface area contributed by atoms with Crippen molar-refractivity contribution in [2.45, 2.75) is 16.7 Å². The quantitative estimate of drug-likeness (QED) is 0.724. The molecule has 1 heterocycles. The third kappa shape index (κ3) is 4.91. The van der Waals surface area contributed by atoms with E-state index in [4.69, 9.17) is 16.7 Å². The zero-order valence-electron chi connectivity index (χ0n) is 9.72. The minimum absolute atomic E-state index is 0.0141. The van der Waals surface area contributed by atoms with E-state index in [0.29, 0.717) is 9.54 Å². The van der Waals surface area contributed by atoms with Crippen molar-refractivity contribution in [1.29, 1.82) is 0 Å². The standard InChI is InChI=1S/C9H11BrClNO4S3/c1-17-3-2-6(9(13)14)12-19(15,16)7-4-5(11)8(10)18-7/h4,6,12H,2-3H2,1H3,(H,13,14)/t6-/m1/s1. The predicted octanol–water partition coefficient (Wildman–Crippen LogP) is 2.65. The van der Waals surface area contributed by atoms with Crippen LogP contribution in [-0.4, -0.2) is 37.5 Å². The molecule has 0 bridgehead atoms. The Morgan fingerprint density at radius 1 is 1.68 bits per heavy atom. The van der Waals surface area contributed by atoms with Crippen LogP contribution in [0.1, 0.15) is 6.42 Å². The fraction of sp³-hybridized carbons (Fsp3) is 0.444. The van der Waals surface area contributed by atoms with Crippen LogP contribution in [0.5, 0.6) is 0 Å². The van der Waals surface area contributed by atoms with Gasteiger partial charge in [-0.15, -0.1) is 11.3 Å². The predicted molar refractivity (Wildman–Crippen MR) is 81.8 cm³/mol. The highest BCUT2D eigenvalue weighted by molar-refractivity contribution is 9.11. The Hall–Kier alpha value is 0.200. The first-order valence-electron chi connectivity index (χ1n) is 4.97. The second kappa shape index (κ2) is 7.28. The van der Waals surface area contributed by atoms with Gasteiger partial charge in [0.1, 0.15) is 10.3 Å². The van der Waals surface area contributed by atoms with Crippen molar-refractivity contribution in [1.82, 2.24) is 4.72 Å². The minimum Gasteiger partial charge on any atom is -0.480 e. The van der Waals surface area contributed by atoms with Crippen LogP contribution in [0.15, 0.2) is 14.1 Å². The van der Waals surface area contributed by atoms with Crippen LogP contribution in [0.3, 0.4) is 0 Å². The molecule has 19 heavy (non-hydrogen) atoms. The zero-order valence-corrected chi connectivity index (χ0v) is 14.5. The average Bonchev–Trinajstić information content (AvgIpc) is 2.65. The van der Waals surface area contributed by atoms with Gasteiger partial charge in [-0.2, -0.15) is 16.5 Å². The summed E-state index contributed by atoms with van der Waals surface area (Å²) >= 11 is 11.3. The third-order valence-electron chi connectivity index (χ3n) is 2.09. The Kier molecular flexibility index (Phi) is 6.61. The highest BCUT2D eigenvalue weighted by Gasteiger charge is 2.26. The normalized spacial score (nSPS) is 13.4. The Bertz CT molecular complexity index is 540. The molecule has 0 saturated heterocycles. The van der Waals surface area contributed by atoms with E-state index in [9.17, 15) is 13.2 Å². The van der Waals surface area contributed by atoms with Gasteiger partial charge in [-0.25, -0.2) is 8.42 Å². The number of hydrogen-bond donors (Lipinski definition) is 2. The first-order chi connectivity index (χ1) is 8.77. The lowest BCUT2D eigenvalue weighted by Gasteiger charge is -2.13. The van der Waals surface area contributed by atoms with E-state index >= 15 is 0 Å². The molecule has 1 atom stereocenters. The third-order valence-corrected chi connectivity index (χ3v) is 7.16. The van der Waals surface area contributed by atoms with Crippen molar-refractivity contribution in [2.24, 2.45) is 0 Å². The summed E-state index contributed by atoms with van der Waals surface area (Å²) in [6.07, 6.45) is 2.04. The van der Waals surface area contributed by atoms with Crippen molar-refractivity contribution in [3.8, 4) is 0 Å². The molecule has 0 aliphatic carbocycles. The molecule has 0 unspecified atom stereocenters. The lowest BCUT2D eigenvalue weighted by molar-refractivity contribution is -0.139. The maximum absolute atomic E-state index is 12.0. The second-order valence-electron chi connectivity index (χ2n) is 3.48. The largest absolute Gasteiger partial charge is 0.480 e. The Morgan fingerprint density at radius 2 is 2.32 bits per heavy atom. The van der Waals surface area contributed by atoms with Crippen molar-refractivity contribution in [3.05, 3.63) is 14.9 Å². The molecule has 0 saturated carbocycles. The average molecular weight is 409 g/mol. The maximum atomic E-state index is 12.0. The summed E-state index contributed by atoms with van der Waals surface area (Å²) in [5, 5.41) is 9.28. The summed E-state index contributed by atoms with van der Waals surface area (Å²) in [5.74, 6) is -0.645. The number of nitrogens with one attached hydrogen (secondary N) is 1. The van der Waals surface area contributed by atoms with E-state index in [2.05, 4.69) is 20.7 Å². The number of sulfonamides is 1. The molecule has 1 aromatic heterocycles. The van der Waals surface area contributed by atoms with E-state index in [0.717, 1.165) is 11.3 Å². The summed E-state index contributed by atoms with van der Waals surface area (Å²) in [4.78, 5) is 11.0. The molecule has 0 radical (unpaired) electrons. The number of aliphatic carboxylic acids is 1. The smallest absolute Gasteiger partial charge is 0.321 e. The van der Waals surface area contributed by atoms with Crippen LogP contribution < -0.4 is 4.72 Å². The monoisotopic (exact) mass is 407 g/mol. The molecule has 1 rings (SSSR count). The molecule has 0 spiro atoms. The zero-order chi connectivity index (χ0) is 14.6. The van der Waals surface area contributed by atoms with Gasteiger partial charge in [0.15, 0.2) is 0 Å². The lowest BCUT2D eigenvalue weighted by Crippen LogP contribution is -2.40. The number of rotatable bonds is 7. The van der Waals surface area contributed by atoms with Gasteiger partial charge in [0.05, 0.1) is 8.81 Å². The first-order valence-corrected chi connectivity index (χ1v) is 9.83. The summed E-state index contributed by atoms with van der Waals surface area (Å²) in [6.45, 7) is 0. The van der Waals surface area contributed by atoms with Crippen molar-refractivity contribution in [3.63, 3.8) is 0 Å². The van der Waals surface area contributed by atoms with Gasteiger partial charge in [0.2, 0.25) is 0 Å². The molecule has 5 nitrogen and oxygen atoms in total. The van der Waals surface area contributed by atoms with Crippen LogP contribution in [0.2, 0.25) is 5.02 Å². The number of hydrogen-bond acceptors (Lipinski definition) is 5. The van der Waals surface area contributed by atoms with Crippen LogP contribution in [-0.2, 0) is 14.8 Å². The highest BCUT2D eigenvalue weighted by atomic mass is 79.9. The summed E-state index contributed by atoms with van der Waals surface area (Å²) in [7, 11) is -3.87. The molecule has 0 fully saturated rings. The van der Waals surface area contributed by atoms with Gasteiger partial charge in [-0.1, -0.05) is 11.6 Å². The van der Waals surface area contributed by atoms with Crippen LogP contribution >= 0.6 is 50.6 Å². The molecular formula is C9H11BrClNO4S3. The number of thioether (sulfide) groups is 1. The summed E-state index contributed by atoms with van der Waals surface area (Å²) in [6, 6.07) is 0.142. The number of halogens is 2. The molecule has 2 N–H and O–H groups in total. The lowest BCUT2D eigenvalue weighted by atomic mass is 10.2. The molecule has 0 aliphatic rings. The molecule has 0 amide bonds. The molecule has 108 valence electrons. The van der Waals surface area contributed by atoms with E-state index in [1.807, 2.05) is 6.26 Å². The number of thiophene rings is 1. The molecule has 10 heteroatoms. The number of carboxylic acids is 1. The number of carbonyl (C=O) groups is 1. The van der Waals surface area contributed by atoms with E-state index < -0.39 is 22.0 Å². The van der Waals surface area contributed by atoms with Crippen LogP contribution in [0, 0.1) is 0 Å². The fourth-order valence-electron chi connectivity index (χ4n) is 1.17. The van der Waals surface area contributed by atoms with Gasteiger partial charge >= 0.3 is 5.97 Å². The van der Waals surface area contributed by atoms with Gasteiger partial charge in [0, 0.05) is 0 Å². The van der Waals surface area contributed by atoms with E-state index in [1.165, 1.54) is 17.8 Å². The molecule has 0 aliphatic heterocycles. The highest BCUT2D eigenvalue weighted by Crippen LogP contribution is 2.34. The topological polar surface area (TPSA) is 83.5 Å². The molecule has 1 aromatic rings. The SMILES string of the molecule is CSCC[C@@H](NS(=O)(=O)c1cc(Cl)c(Br)s1)C(=O)O. The van der Waals surface area contributed by atoms with Gasteiger partial charge in [-0.3, -0.25) is 4.79 Å². The van der Waals surface area contributed by atoms with Gasteiger partial charge < -0.3 is 5.11 Å². The van der Waals surface area contributed by atoms with Crippen LogP contribution in [0.25, 0.3) is 0 Å². The summed E-state index contributed by atoms with van der Waals surface area (Å²) in [5.41, 5.74) is 0. The van der Waals surface area contributed by atoms with Gasteiger partial charge in [0.25, 0.3) is 10.0 Å². The molecular weight excluding hydrogens is 398 g/mol. The van der Waals surface area contributed by atoms with E-state index in [-0.39, 0.29) is 15.7 Å². The first kappa shape index (κ1) is 17.3. The molecule has 0 aromatic carbocycles. The van der Waals surface area contributed by atoms with E-state index in [1.54, 1.807) is 0 Å². The van der Waals surface area contributed by atoms with Crippen LogP contribution in [0.4, 0.5) is 0 Å². The maximum Gasteiger partial charge on any atom is 0.321 e. The van der Waals surface area contributed by atoms with Crippen molar-refractivity contribution < 1.29 is 18.3 Å². The Labute approximate surface area is 132 Å². The summed E-state index contributed by atoms with van der Waals surface area (Å²) < 4.78 is 26.7. The number of carboxylic acid groups (broad SMARTS) is 1.